The van der Waals surface area contributed by atoms with Gasteiger partial charge in [-0.05, 0) is 43.7 Å². The second kappa shape index (κ2) is 7.24. The van der Waals surface area contributed by atoms with Gasteiger partial charge in [-0.25, -0.2) is 4.98 Å². The van der Waals surface area contributed by atoms with Crippen molar-refractivity contribution in [3.05, 3.63) is 59.5 Å². The lowest BCUT2D eigenvalue weighted by atomic mass is 10.1. The number of amides is 1. The Morgan fingerprint density at radius 2 is 1.86 bits per heavy atom. The van der Waals surface area contributed by atoms with Crippen LogP contribution in [-0.2, 0) is 4.79 Å². The second-order valence-corrected chi connectivity index (χ2v) is 7.09. The number of carbonyl (C=O) groups is 1. The highest BCUT2D eigenvalue weighted by atomic mass is 32.1. The first-order chi connectivity index (χ1) is 13.5. The number of anilines is 2. The Bertz CT molecular complexity index is 1100. The lowest BCUT2D eigenvalue weighted by Gasteiger charge is -2.07. The number of phenolic OH excluding ortho intramolecular Hbond substituents is 1. The molecule has 2 N–H and O–H groups in total. The van der Waals surface area contributed by atoms with E-state index in [1.54, 1.807) is 19.1 Å². The molecule has 1 aliphatic heterocycles. The SMILES string of the molecule is CC1=NN(c2nc(-c3ccccc3C)cs2)C(=O)/C1=N\Nc1ccc(O)cc1. The third kappa shape index (κ3) is 3.37. The standard InChI is InChI=1S/C20H17N5O2S/c1-12-5-3-4-6-16(12)17-11-28-20(21-17)25-19(27)18(13(2)24-25)23-22-14-7-9-15(26)10-8-14/h3-11,22,26H,1-2H3/b23-18-. The average Bonchev–Trinajstić information content (AvgIpc) is 3.27. The van der Waals surface area contributed by atoms with Crippen molar-refractivity contribution in [2.45, 2.75) is 13.8 Å². The van der Waals surface area contributed by atoms with Crippen LogP contribution in [0.25, 0.3) is 11.3 Å². The summed E-state index contributed by atoms with van der Waals surface area (Å²) in [7, 11) is 0. The molecule has 0 atom stereocenters. The summed E-state index contributed by atoms with van der Waals surface area (Å²) in [5.41, 5.74) is 7.15. The number of hydrazone groups is 2. The quantitative estimate of drug-likeness (QED) is 0.519. The minimum atomic E-state index is -0.338. The van der Waals surface area contributed by atoms with Gasteiger partial charge in [0.05, 0.1) is 17.1 Å². The van der Waals surface area contributed by atoms with Crippen molar-refractivity contribution in [3.63, 3.8) is 0 Å². The molecule has 1 aliphatic rings. The van der Waals surface area contributed by atoms with Gasteiger partial charge in [-0.2, -0.15) is 15.2 Å². The molecule has 4 rings (SSSR count). The van der Waals surface area contributed by atoms with Gasteiger partial charge in [-0.15, -0.1) is 11.3 Å². The maximum atomic E-state index is 12.8. The van der Waals surface area contributed by atoms with Gasteiger partial charge in [0.1, 0.15) is 5.75 Å². The molecule has 140 valence electrons. The second-order valence-electron chi connectivity index (χ2n) is 6.25. The summed E-state index contributed by atoms with van der Waals surface area (Å²) in [6.45, 7) is 3.75. The number of benzene rings is 2. The van der Waals surface area contributed by atoms with Crippen molar-refractivity contribution < 1.29 is 9.90 Å². The number of phenols is 1. The smallest absolute Gasteiger partial charge is 0.303 e. The molecule has 2 heterocycles. The zero-order chi connectivity index (χ0) is 19.7. The number of thiazole rings is 1. The molecule has 0 saturated carbocycles. The minimum absolute atomic E-state index is 0.160. The highest BCUT2D eigenvalue weighted by Crippen LogP contribution is 2.31. The number of aryl methyl sites for hydroxylation is 1. The van der Waals surface area contributed by atoms with E-state index in [1.165, 1.54) is 28.5 Å². The summed E-state index contributed by atoms with van der Waals surface area (Å²) < 4.78 is 0. The van der Waals surface area contributed by atoms with Crippen LogP contribution in [0.4, 0.5) is 10.8 Å². The predicted molar refractivity (Wildman–Crippen MR) is 112 cm³/mol. The third-order valence-electron chi connectivity index (χ3n) is 4.25. The van der Waals surface area contributed by atoms with Crippen molar-refractivity contribution in [1.29, 1.82) is 0 Å². The summed E-state index contributed by atoms with van der Waals surface area (Å²) in [6, 6.07) is 14.4. The van der Waals surface area contributed by atoms with Gasteiger partial charge >= 0.3 is 5.91 Å². The van der Waals surface area contributed by atoms with E-state index in [9.17, 15) is 9.90 Å². The van der Waals surface area contributed by atoms with Gasteiger partial charge in [0, 0.05) is 10.9 Å². The summed E-state index contributed by atoms with van der Waals surface area (Å²) in [4.78, 5) is 17.4. The van der Waals surface area contributed by atoms with E-state index in [4.69, 9.17) is 0 Å². The highest BCUT2D eigenvalue weighted by molar-refractivity contribution is 7.14. The molecule has 7 nitrogen and oxygen atoms in total. The van der Waals surface area contributed by atoms with E-state index in [-0.39, 0.29) is 17.4 Å². The Kier molecular flexibility index (Phi) is 4.62. The van der Waals surface area contributed by atoms with Gasteiger partial charge in [0.2, 0.25) is 5.13 Å². The Morgan fingerprint density at radius 3 is 2.61 bits per heavy atom. The number of aromatic nitrogens is 1. The summed E-state index contributed by atoms with van der Waals surface area (Å²) in [5.74, 6) is -0.179. The van der Waals surface area contributed by atoms with E-state index in [0.717, 1.165) is 16.8 Å². The molecule has 0 radical (unpaired) electrons. The average molecular weight is 391 g/mol. The van der Waals surface area contributed by atoms with Gasteiger partial charge in [-0.3, -0.25) is 10.2 Å². The Morgan fingerprint density at radius 1 is 1.11 bits per heavy atom. The molecule has 0 saturated heterocycles. The van der Waals surface area contributed by atoms with Gasteiger partial charge < -0.3 is 5.11 Å². The maximum Gasteiger partial charge on any atom is 0.303 e. The third-order valence-corrected chi connectivity index (χ3v) is 5.06. The monoisotopic (exact) mass is 391 g/mol. The molecule has 1 amide bonds. The number of hydrogen-bond acceptors (Lipinski definition) is 7. The van der Waals surface area contributed by atoms with Crippen LogP contribution in [0.1, 0.15) is 12.5 Å². The minimum Gasteiger partial charge on any atom is -0.508 e. The van der Waals surface area contributed by atoms with E-state index < -0.39 is 0 Å². The van der Waals surface area contributed by atoms with Crippen LogP contribution in [-0.4, -0.2) is 27.4 Å². The molecule has 0 aliphatic carbocycles. The van der Waals surface area contributed by atoms with E-state index in [0.29, 0.717) is 16.5 Å². The van der Waals surface area contributed by atoms with Crippen LogP contribution < -0.4 is 10.4 Å². The maximum absolute atomic E-state index is 12.8. The van der Waals surface area contributed by atoms with Crippen LogP contribution in [0.3, 0.4) is 0 Å². The topological polar surface area (TPSA) is 90.2 Å². The molecule has 0 bridgehead atoms. The number of aromatic hydroxyl groups is 1. The summed E-state index contributed by atoms with van der Waals surface area (Å²) in [5, 5.41) is 21.5. The van der Waals surface area contributed by atoms with Crippen molar-refractivity contribution >= 4 is 39.5 Å². The molecular formula is C20H17N5O2S. The molecule has 0 spiro atoms. The van der Waals surface area contributed by atoms with Crippen molar-refractivity contribution in [2.75, 3.05) is 10.4 Å². The molecule has 8 heteroatoms. The van der Waals surface area contributed by atoms with Crippen LogP contribution >= 0.6 is 11.3 Å². The molecule has 2 aromatic carbocycles. The Hall–Kier alpha value is -3.52. The largest absolute Gasteiger partial charge is 0.508 e. The number of carbonyl (C=O) groups excluding carboxylic acids is 1. The fourth-order valence-corrected chi connectivity index (χ4v) is 3.53. The van der Waals surface area contributed by atoms with Crippen molar-refractivity contribution in [2.24, 2.45) is 10.2 Å². The predicted octanol–water partition coefficient (Wildman–Crippen LogP) is 4.01. The summed E-state index contributed by atoms with van der Waals surface area (Å²) in [6.07, 6.45) is 0. The molecule has 28 heavy (non-hydrogen) atoms. The first kappa shape index (κ1) is 17.9. The van der Waals surface area contributed by atoms with E-state index in [1.807, 2.05) is 36.6 Å². The van der Waals surface area contributed by atoms with Crippen molar-refractivity contribution in [1.82, 2.24) is 4.98 Å². The molecule has 1 aromatic heterocycles. The number of hydrogen-bond donors (Lipinski definition) is 2. The lowest BCUT2D eigenvalue weighted by Crippen LogP contribution is -2.27. The normalized spacial score (nSPS) is 15.2. The first-order valence-electron chi connectivity index (χ1n) is 8.57. The highest BCUT2D eigenvalue weighted by Gasteiger charge is 2.32. The van der Waals surface area contributed by atoms with Gasteiger partial charge in [0.25, 0.3) is 0 Å². The lowest BCUT2D eigenvalue weighted by molar-refractivity contribution is -0.112. The zero-order valence-corrected chi connectivity index (χ0v) is 16.1. The molecule has 0 unspecified atom stereocenters. The fraction of sp³-hybridized carbons (Fsp3) is 0.100. The molecule has 0 fully saturated rings. The zero-order valence-electron chi connectivity index (χ0n) is 15.2. The van der Waals surface area contributed by atoms with Crippen LogP contribution in [0.15, 0.2) is 64.1 Å². The van der Waals surface area contributed by atoms with Crippen LogP contribution in [0.2, 0.25) is 0 Å². The van der Waals surface area contributed by atoms with Gasteiger partial charge in [0.15, 0.2) is 5.71 Å². The van der Waals surface area contributed by atoms with E-state index in [2.05, 4.69) is 20.6 Å². The Labute approximate surface area is 165 Å². The fourth-order valence-electron chi connectivity index (χ4n) is 2.76. The van der Waals surface area contributed by atoms with Gasteiger partial charge in [-0.1, -0.05) is 24.3 Å². The van der Waals surface area contributed by atoms with E-state index >= 15 is 0 Å². The Balaban J connectivity index is 1.56. The van der Waals surface area contributed by atoms with Crippen LogP contribution in [0, 0.1) is 6.92 Å². The van der Waals surface area contributed by atoms with Crippen molar-refractivity contribution in [3.8, 4) is 17.0 Å². The summed E-state index contributed by atoms with van der Waals surface area (Å²) >= 11 is 1.36. The molecule has 3 aromatic rings. The first-order valence-corrected chi connectivity index (χ1v) is 9.45. The molecular weight excluding hydrogens is 374 g/mol. The van der Waals surface area contributed by atoms with Crippen LogP contribution in [0.5, 0.6) is 5.75 Å². The number of nitrogens with zero attached hydrogens (tertiary/aromatic N) is 4. The number of nitrogens with one attached hydrogen (secondary N) is 1. The number of rotatable bonds is 4.